The number of benzene rings is 2. The molecule has 0 aliphatic carbocycles. The van der Waals surface area contributed by atoms with Crippen LogP contribution in [0.25, 0.3) is 10.9 Å². The molecule has 3 N–H and O–H groups in total. The first-order valence-corrected chi connectivity index (χ1v) is 7.65. The van der Waals surface area contributed by atoms with Crippen LogP contribution in [0, 0.1) is 9.39 Å². The molecule has 0 aliphatic heterocycles. The minimum atomic E-state index is -0.709. The van der Waals surface area contributed by atoms with Crippen LogP contribution in [-0.2, 0) is 0 Å². The van der Waals surface area contributed by atoms with E-state index < -0.39 is 6.03 Å². The molecule has 0 bridgehead atoms. The second kappa shape index (κ2) is 6.03. The minimum Gasteiger partial charge on any atom is -0.497 e. The summed E-state index contributed by atoms with van der Waals surface area (Å²) in [5.74, 6) is 0.115. The number of carbonyl (C=O) groups excluding carboxylic acids is 1. The van der Waals surface area contributed by atoms with Gasteiger partial charge in [0.2, 0.25) is 0 Å². The molecule has 0 radical (unpaired) electrons. The highest BCUT2D eigenvalue weighted by Crippen LogP contribution is 2.32. The first-order valence-electron chi connectivity index (χ1n) is 6.57. The molecule has 8 heteroatoms. The lowest BCUT2D eigenvalue weighted by atomic mass is 10.2. The topological polar surface area (TPSA) is 82.2 Å². The third kappa shape index (κ3) is 2.93. The zero-order valence-corrected chi connectivity index (χ0v) is 14.2. The van der Waals surface area contributed by atoms with Gasteiger partial charge in [0.1, 0.15) is 11.6 Å². The molecule has 3 aromatic rings. The van der Waals surface area contributed by atoms with Crippen LogP contribution in [0.4, 0.5) is 20.6 Å². The van der Waals surface area contributed by atoms with Crippen molar-refractivity contribution in [3.8, 4) is 5.75 Å². The predicted octanol–water partition coefficient (Wildman–Crippen LogP) is 3.46. The molecular weight excluding hydrogens is 414 g/mol. The molecule has 1 aromatic heterocycles. The number of fused-ring (bicyclic) bond motifs is 1. The van der Waals surface area contributed by atoms with Gasteiger partial charge in [-0.15, -0.1) is 0 Å². The molecule has 0 saturated heterocycles. The largest absolute Gasteiger partial charge is 0.497 e. The quantitative estimate of drug-likeness (QED) is 0.629. The number of nitrogens with two attached hydrogens (primary N) is 1. The van der Waals surface area contributed by atoms with E-state index in [0.717, 1.165) is 8.25 Å². The Morgan fingerprint density at radius 1 is 1.35 bits per heavy atom. The molecule has 2 aromatic carbocycles. The molecule has 0 atom stereocenters. The highest BCUT2D eigenvalue weighted by atomic mass is 127. The average molecular weight is 426 g/mol. The molecule has 0 aliphatic rings. The van der Waals surface area contributed by atoms with Crippen molar-refractivity contribution in [1.82, 2.24) is 9.78 Å². The Morgan fingerprint density at radius 2 is 2.13 bits per heavy atom. The van der Waals surface area contributed by atoms with E-state index >= 15 is 0 Å². The maximum Gasteiger partial charge on any atom is 0.340 e. The lowest BCUT2D eigenvalue weighted by Crippen LogP contribution is -2.20. The van der Waals surface area contributed by atoms with Crippen molar-refractivity contribution in [3.63, 3.8) is 0 Å². The van der Waals surface area contributed by atoms with Gasteiger partial charge in [0.15, 0.2) is 0 Å². The second-order valence-corrected chi connectivity index (χ2v) is 6.00. The summed E-state index contributed by atoms with van der Waals surface area (Å²) < 4.78 is 21.1. The number of anilines is 2. The van der Waals surface area contributed by atoms with Crippen molar-refractivity contribution in [2.45, 2.75) is 0 Å². The van der Waals surface area contributed by atoms with E-state index in [1.807, 2.05) is 22.6 Å². The van der Waals surface area contributed by atoms with Crippen LogP contribution in [0.2, 0.25) is 0 Å². The number of primary amides is 1. The fourth-order valence-corrected chi connectivity index (χ4v) is 2.69. The predicted molar refractivity (Wildman–Crippen MR) is 93.7 cm³/mol. The molecule has 0 saturated carbocycles. The van der Waals surface area contributed by atoms with Crippen molar-refractivity contribution in [1.29, 1.82) is 0 Å². The molecule has 1 amide bonds. The van der Waals surface area contributed by atoms with Crippen LogP contribution >= 0.6 is 22.6 Å². The summed E-state index contributed by atoms with van der Waals surface area (Å²) in [7, 11) is 1.50. The minimum absolute atomic E-state index is 0.312. The van der Waals surface area contributed by atoms with Crippen molar-refractivity contribution in [3.05, 3.63) is 45.9 Å². The fraction of sp³-hybridized carbons (Fsp3) is 0.0667. The Labute approximate surface area is 144 Å². The van der Waals surface area contributed by atoms with Gasteiger partial charge in [-0.2, -0.15) is 9.78 Å². The van der Waals surface area contributed by atoms with Crippen molar-refractivity contribution < 1.29 is 13.9 Å². The van der Waals surface area contributed by atoms with E-state index in [1.54, 1.807) is 24.3 Å². The Hall–Kier alpha value is -2.36. The number of hydrogen-bond acceptors (Lipinski definition) is 4. The number of nitrogens with one attached hydrogen (secondary N) is 1. The van der Waals surface area contributed by atoms with E-state index in [0.29, 0.717) is 28.0 Å². The smallest absolute Gasteiger partial charge is 0.340 e. The number of amides is 1. The Kier molecular flexibility index (Phi) is 4.07. The molecule has 0 unspecified atom stereocenters. The van der Waals surface area contributed by atoms with Gasteiger partial charge >= 0.3 is 6.03 Å². The van der Waals surface area contributed by atoms with Gasteiger partial charge in [0.25, 0.3) is 0 Å². The second-order valence-electron chi connectivity index (χ2n) is 4.75. The summed E-state index contributed by atoms with van der Waals surface area (Å²) in [6, 6.07) is 7.49. The standard InChI is InChI=1S/C15H12FIN4O2/c1-23-9-5-13(20-12-3-2-8(17)4-11(12)16)10-7-19-21(15(18)22)14(10)6-9/h2-7,20H,1H3,(H2,18,22). The molecule has 1 heterocycles. The number of aromatic nitrogens is 2. The van der Waals surface area contributed by atoms with Gasteiger partial charge in [-0.05, 0) is 40.8 Å². The van der Waals surface area contributed by atoms with Crippen LogP contribution in [0.15, 0.2) is 36.5 Å². The molecule has 118 valence electrons. The number of halogens is 2. The number of methoxy groups -OCH3 is 1. The number of hydrogen-bond donors (Lipinski definition) is 2. The van der Waals surface area contributed by atoms with Gasteiger partial charge in [-0.3, -0.25) is 0 Å². The molecular formula is C15H12FIN4O2. The van der Waals surface area contributed by atoms with Crippen molar-refractivity contribution in [2.75, 3.05) is 12.4 Å². The maximum absolute atomic E-state index is 14.1. The zero-order chi connectivity index (χ0) is 16.6. The van der Waals surface area contributed by atoms with E-state index in [9.17, 15) is 9.18 Å². The van der Waals surface area contributed by atoms with Crippen molar-refractivity contribution in [2.24, 2.45) is 5.73 Å². The normalized spacial score (nSPS) is 10.7. The third-order valence-electron chi connectivity index (χ3n) is 3.31. The highest BCUT2D eigenvalue weighted by molar-refractivity contribution is 14.1. The number of ether oxygens (including phenoxy) is 1. The summed E-state index contributed by atoms with van der Waals surface area (Å²) in [5.41, 5.74) is 6.65. The zero-order valence-electron chi connectivity index (χ0n) is 12.0. The van der Waals surface area contributed by atoms with E-state index in [-0.39, 0.29) is 5.82 Å². The van der Waals surface area contributed by atoms with Gasteiger partial charge in [-0.25, -0.2) is 9.18 Å². The van der Waals surface area contributed by atoms with Gasteiger partial charge in [0, 0.05) is 21.1 Å². The number of nitrogens with zero attached hydrogens (tertiary/aromatic N) is 2. The van der Waals surface area contributed by atoms with Crippen LogP contribution in [0.1, 0.15) is 0 Å². The van der Waals surface area contributed by atoms with Gasteiger partial charge in [0.05, 0.1) is 30.2 Å². The highest BCUT2D eigenvalue weighted by Gasteiger charge is 2.14. The lowest BCUT2D eigenvalue weighted by molar-refractivity contribution is 0.248. The van der Waals surface area contributed by atoms with E-state index in [1.165, 1.54) is 19.4 Å². The molecule has 6 nitrogen and oxygen atoms in total. The molecule has 0 spiro atoms. The SMILES string of the molecule is COc1cc(Nc2ccc(I)cc2F)c2cnn(C(N)=O)c2c1. The van der Waals surface area contributed by atoms with E-state index in [2.05, 4.69) is 10.4 Å². The average Bonchev–Trinajstić information content (AvgIpc) is 2.94. The van der Waals surface area contributed by atoms with Gasteiger partial charge in [-0.1, -0.05) is 0 Å². The number of rotatable bonds is 3. The first-order chi connectivity index (χ1) is 11.0. The summed E-state index contributed by atoms with van der Waals surface area (Å²) in [6.07, 6.45) is 1.49. The van der Waals surface area contributed by atoms with Crippen LogP contribution in [-0.4, -0.2) is 22.9 Å². The Morgan fingerprint density at radius 3 is 2.78 bits per heavy atom. The molecule has 0 fully saturated rings. The maximum atomic E-state index is 14.1. The lowest BCUT2D eigenvalue weighted by Gasteiger charge is -2.11. The fourth-order valence-electron chi connectivity index (χ4n) is 2.23. The van der Waals surface area contributed by atoms with Gasteiger partial charge < -0.3 is 15.8 Å². The van der Waals surface area contributed by atoms with Crippen LogP contribution < -0.4 is 15.8 Å². The summed E-state index contributed by atoms with van der Waals surface area (Å²) in [4.78, 5) is 11.4. The summed E-state index contributed by atoms with van der Waals surface area (Å²) in [5, 5.41) is 7.59. The Bertz CT molecular complexity index is 910. The van der Waals surface area contributed by atoms with E-state index in [4.69, 9.17) is 10.5 Å². The molecule has 23 heavy (non-hydrogen) atoms. The third-order valence-corrected chi connectivity index (χ3v) is 3.98. The van der Waals surface area contributed by atoms with Crippen LogP contribution in [0.3, 0.4) is 0 Å². The summed E-state index contributed by atoms with van der Waals surface area (Å²) in [6.45, 7) is 0. The monoisotopic (exact) mass is 426 g/mol. The van der Waals surface area contributed by atoms with Crippen LogP contribution in [0.5, 0.6) is 5.75 Å². The molecule has 3 rings (SSSR count). The number of carbonyl (C=O) groups is 1. The first kappa shape index (κ1) is 15.5. The Balaban J connectivity index is 2.14. The summed E-state index contributed by atoms with van der Waals surface area (Å²) >= 11 is 2.04. The van der Waals surface area contributed by atoms with Crippen molar-refractivity contribution >= 4 is 50.9 Å².